The first-order valence-electron chi connectivity index (χ1n) is 11.6. The maximum Gasteiger partial charge on any atom is 0.140 e. The van der Waals surface area contributed by atoms with Gasteiger partial charge in [-0.3, -0.25) is 0 Å². The number of fused-ring (bicyclic) bond motifs is 5. The van der Waals surface area contributed by atoms with Crippen LogP contribution in [0.2, 0.25) is 0 Å². The highest BCUT2D eigenvalue weighted by Crippen LogP contribution is 2.69. The van der Waals surface area contributed by atoms with Crippen molar-refractivity contribution in [2.45, 2.75) is 96.7 Å². The van der Waals surface area contributed by atoms with Crippen molar-refractivity contribution in [3.63, 3.8) is 0 Å². The van der Waals surface area contributed by atoms with Gasteiger partial charge in [-0.2, -0.15) is 0 Å². The number of rotatable bonds is 2. The van der Waals surface area contributed by atoms with Gasteiger partial charge in [-0.05, 0) is 99.2 Å². The second kappa shape index (κ2) is 6.31. The van der Waals surface area contributed by atoms with Crippen LogP contribution in [0.3, 0.4) is 0 Å². The molecule has 4 heteroatoms. The normalized spacial score (nSPS) is 50.7. The van der Waals surface area contributed by atoms with E-state index in [0.29, 0.717) is 28.4 Å². The number of aromatic nitrogens is 1. The van der Waals surface area contributed by atoms with E-state index in [-0.39, 0.29) is 6.61 Å². The molecule has 4 saturated carbocycles. The molecule has 2 N–H and O–H groups in total. The Kier molecular flexibility index (Phi) is 4.31. The quantitative estimate of drug-likeness (QED) is 0.746. The Labute approximate surface area is 169 Å². The molecule has 1 heterocycles. The Balaban J connectivity index is 1.41. The van der Waals surface area contributed by atoms with Crippen molar-refractivity contribution in [3.05, 3.63) is 17.5 Å². The largest absolute Gasteiger partial charge is 0.390 e. The fraction of sp³-hybridized carbons (Fsp3) is 0.875. The molecule has 3 unspecified atom stereocenters. The van der Waals surface area contributed by atoms with Crippen LogP contribution in [-0.2, 0) is 6.61 Å². The van der Waals surface area contributed by atoms with Crippen LogP contribution >= 0.6 is 0 Å². The highest BCUT2D eigenvalue weighted by atomic mass is 16.5. The van der Waals surface area contributed by atoms with Crippen LogP contribution in [0.4, 0.5) is 0 Å². The molecule has 0 saturated heterocycles. The molecule has 4 fully saturated rings. The van der Waals surface area contributed by atoms with Crippen LogP contribution in [0.1, 0.15) is 95.9 Å². The number of hydrogen-bond donors (Lipinski definition) is 2. The lowest BCUT2D eigenvalue weighted by atomic mass is 9.44. The summed E-state index contributed by atoms with van der Waals surface area (Å²) in [5.74, 6) is 4.57. The minimum absolute atomic E-state index is 0.0371. The summed E-state index contributed by atoms with van der Waals surface area (Å²) < 4.78 is 5.68. The highest BCUT2D eigenvalue weighted by molar-refractivity contribution is 5.19. The van der Waals surface area contributed by atoms with Crippen LogP contribution in [0.15, 0.2) is 10.6 Å². The number of aliphatic hydroxyl groups is 2. The van der Waals surface area contributed by atoms with Gasteiger partial charge in [0.2, 0.25) is 0 Å². The zero-order valence-electron chi connectivity index (χ0n) is 17.8. The van der Waals surface area contributed by atoms with Crippen molar-refractivity contribution in [1.82, 2.24) is 5.16 Å². The van der Waals surface area contributed by atoms with Gasteiger partial charge in [0.05, 0.1) is 12.2 Å². The second-order valence-corrected chi connectivity index (χ2v) is 11.4. The topological polar surface area (TPSA) is 66.5 Å². The average molecular weight is 388 g/mol. The molecule has 0 spiro atoms. The van der Waals surface area contributed by atoms with Gasteiger partial charge in [-0.15, -0.1) is 0 Å². The Morgan fingerprint density at radius 2 is 1.79 bits per heavy atom. The number of nitrogens with zero attached hydrogens (tertiary/aromatic N) is 1. The Bertz CT molecular complexity index is 742. The molecule has 4 nitrogen and oxygen atoms in total. The van der Waals surface area contributed by atoms with E-state index in [1.54, 1.807) is 0 Å². The number of aliphatic hydroxyl groups excluding tert-OH is 1. The molecule has 28 heavy (non-hydrogen) atoms. The van der Waals surface area contributed by atoms with Gasteiger partial charge in [-0.1, -0.05) is 19.0 Å². The third-order valence-electron chi connectivity index (χ3n) is 10.0. The van der Waals surface area contributed by atoms with E-state index in [4.69, 9.17) is 4.52 Å². The molecular formula is C24H37NO3. The van der Waals surface area contributed by atoms with Gasteiger partial charge < -0.3 is 14.7 Å². The lowest BCUT2D eigenvalue weighted by Crippen LogP contribution is -2.55. The van der Waals surface area contributed by atoms with E-state index in [1.807, 2.05) is 6.07 Å². The zero-order chi connectivity index (χ0) is 19.7. The summed E-state index contributed by atoms with van der Waals surface area (Å²) >= 11 is 0. The molecule has 156 valence electrons. The van der Waals surface area contributed by atoms with Gasteiger partial charge in [-0.25, -0.2) is 0 Å². The van der Waals surface area contributed by atoms with Gasteiger partial charge in [0.25, 0.3) is 0 Å². The van der Waals surface area contributed by atoms with Crippen LogP contribution < -0.4 is 0 Å². The van der Waals surface area contributed by atoms with Crippen molar-refractivity contribution in [3.8, 4) is 0 Å². The van der Waals surface area contributed by atoms with E-state index in [2.05, 4.69) is 25.9 Å². The predicted octanol–water partition coefficient (Wildman–Crippen LogP) is 5.04. The Morgan fingerprint density at radius 1 is 1.00 bits per heavy atom. The Hall–Kier alpha value is -0.870. The molecule has 1 aromatic rings. The third-order valence-corrected chi connectivity index (χ3v) is 10.0. The average Bonchev–Trinajstić information content (AvgIpc) is 3.25. The summed E-state index contributed by atoms with van der Waals surface area (Å²) in [4.78, 5) is 0. The summed E-state index contributed by atoms with van der Waals surface area (Å²) in [5.41, 5.74) is 0.936. The number of hydrogen-bond acceptors (Lipinski definition) is 4. The molecule has 4 aliphatic rings. The van der Waals surface area contributed by atoms with Crippen molar-refractivity contribution >= 4 is 0 Å². The Morgan fingerprint density at radius 3 is 2.54 bits per heavy atom. The molecule has 1 aromatic heterocycles. The van der Waals surface area contributed by atoms with E-state index in [0.717, 1.165) is 36.4 Å². The molecular weight excluding hydrogens is 350 g/mol. The molecule has 0 bridgehead atoms. The SMILES string of the molecule is C[C@@]1(O)CC[C@]2(C)C3CC[C@@]4(C)C(CC[C@@H]4c4cc(CO)no4)C3CC[C@H]2C1. The fourth-order valence-corrected chi connectivity index (χ4v) is 8.47. The molecule has 0 amide bonds. The smallest absolute Gasteiger partial charge is 0.140 e. The zero-order valence-corrected chi connectivity index (χ0v) is 17.8. The highest BCUT2D eigenvalue weighted by Gasteiger charge is 2.61. The lowest BCUT2D eigenvalue weighted by Gasteiger charge is -2.61. The molecule has 5 rings (SSSR count). The van der Waals surface area contributed by atoms with Crippen molar-refractivity contribution in [2.75, 3.05) is 0 Å². The van der Waals surface area contributed by atoms with E-state index < -0.39 is 5.60 Å². The maximum atomic E-state index is 10.7. The minimum Gasteiger partial charge on any atom is -0.390 e. The lowest BCUT2D eigenvalue weighted by molar-refractivity contribution is -0.144. The van der Waals surface area contributed by atoms with E-state index >= 15 is 0 Å². The first-order valence-corrected chi connectivity index (χ1v) is 11.6. The summed E-state index contributed by atoms with van der Waals surface area (Å²) in [6, 6.07) is 1.99. The van der Waals surface area contributed by atoms with E-state index in [1.165, 1.54) is 44.9 Å². The van der Waals surface area contributed by atoms with Crippen LogP contribution in [0.5, 0.6) is 0 Å². The summed E-state index contributed by atoms with van der Waals surface area (Å²) in [6.07, 6.45) is 10.9. The van der Waals surface area contributed by atoms with Gasteiger partial charge in [0.1, 0.15) is 11.5 Å². The minimum atomic E-state index is -0.449. The van der Waals surface area contributed by atoms with Crippen LogP contribution in [0, 0.1) is 34.5 Å². The standard InChI is InChI=1S/C24H37NO3/c1-22(27)10-11-23(2)15(13-22)4-5-17-18-6-7-20(21-12-16(14-26)25-28-21)24(18,3)9-8-19(17)23/h12,15,17-20,26-27H,4-11,13-14H2,1-3H3/t15-,17?,18?,19?,20+,22+,23-,24-/m0/s1. The third kappa shape index (κ3) is 2.66. The molecule has 0 radical (unpaired) electrons. The molecule has 8 atom stereocenters. The van der Waals surface area contributed by atoms with Crippen molar-refractivity contribution in [2.24, 2.45) is 34.5 Å². The summed E-state index contributed by atoms with van der Waals surface area (Å²) in [6.45, 7) is 7.08. The second-order valence-electron chi connectivity index (χ2n) is 11.4. The molecule has 0 aromatic carbocycles. The molecule has 4 aliphatic carbocycles. The summed E-state index contributed by atoms with van der Waals surface area (Å²) in [7, 11) is 0. The van der Waals surface area contributed by atoms with Gasteiger partial charge in [0.15, 0.2) is 0 Å². The molecule has 0 aliphatic heterocycles. The fourth-order valence-electron chi connectivity index (χ4n) is 8.47. The monoisotopic (exact) mass is 387 g/mol. The first-order chi connectivity index (χ1) is 13.3. The van der Waals surface area contributed by atoms with E-state index in [9.17, 15) is 10.2 Å². The summed E-state index contributed by atoms with van der Waals surface area (Å²) in [5, 5.41) is 24.1. The van der Waals surface area contributed by atoms with Crippen molar-refractivity contribution < 1.29 is 14.7 Å². The maximum absolute atomic E-state index is 10.7. The van der Waals surface area contributed by atoms with Crippen LogP contribution in [-0.4, -0.2) is 21.0 Å². The first kappa shape index (κ1) is 19.1. The van der Waals surface area contributed by atoms with Crippen molar-refractivity contribution in [1.29, 1.82) is 0 Å². The van der Waals surface area contributed by atoms with Gasteiger partial charge in [0, 0.05) is 12.0 Å². The predicted molar refractivity (Wildman–Crippen MR) is 108 cm³/mol. The van der Waals surface area contributed by atoms with Crippen LogP contribution in [0.25, 0.3) is 0 Å². The van der Waals surface area contributed by atoms with Gasteiger partial charge >= 0.3 is 0 Å².